The predicted molar refractivity (Wildman–Crippen MR) is 190 cm³/mol. The zero-order chi connectivity index (χ0) is 31.5. The molecule has 0 bridgehead atoms. The fraction of sp³-hybridized carbons (Fsp3) is 0.0698. The molecule has 3 heterocycles. The summed E-state index contributed by atoms with van der Waals surface area (Å²) in [7, 11) is 0. The summed E-state index contributed by atoms with van der Waals surface area (Å²) in [6, 6.07) is 50.1. The Morgan fingerprint density at radius 3 is 1.83 bits per heavy atom. The Morgan fingerprint density at radius 2 is 1.09 bits per heavy atom. The lowest BCUT2D eigenvalue weighted by Crippen LogP contribution is -2.24. The van der Waals surface area contributed by atoms with Gasteiger partial charge in [0.2, 0.25) is 0 Å². The molecule has 224 valence electrons. The highest BCUT2D eigenvalue weighted by Crippen LogP contribution is 2.52. The van der Waals surface area contributed by atoms with Crippen molar-refractivity contribution in [1.29, 1.82) is 0 Å². The van der Waals surface area contributed by atoms with E-state index in [1.807, 2.05) is 66.7 Å². The first-order valence-electron chi connectivity index (χ1n) is 15.9. The molecule has 0 saturated heterocycles. The van der Waals surface area contributed by atoms with Crippen LogP contribution in [-0.4, -0.2) is 9.97 Å². The summed E-state index contributed by atoms with van der Waals surface area (Å²) in [6.45, 7) is 4.51. The van der Waals surface area contributed by atoms with Crippen LogP contribution in [0.1, 0.15) is 25.0 Å². The van der Waals surface area contributed by atoms with Gasteiger partial charge in [-0.05, 0) is 35.4 Å². The van der Waals surface area contributed by atoms with Crippen molar-refractivity contribution < 1.29 is 9.15 Å². The number of hydrogen-bond donors (Lipinski definition) is 0. The Morgan fingerprint density at radius 1 is 0.489 bits per heavy atom. The van der Waals surface area contributed by atoms with Gasteiger partial charge in [0.05, 0.1) is 11.4 Å². The minimum Gasteiger partial charge on any atom is -0.453 e. The second-order valence-corrected chi connectivity index (χ2v) is 12.6. The highest BCUT2D eigenvalue weighted by atomic mass is 16.5. The average Bonchev–Trinajstić information content (AvgIpc) is 3.51. The van der Waals surface area contributed by atoms with E-state index >= 15 is 0 Å². The Labute approximate surface area is 273 Å². The molecular weight excluding hydrogens is 576 g/mol. The van der Waals surface area contributed by atoms with Gasteiger partial charge in [0, 0.05) is 44.0 Å². The SMILES string of the molecule is CC1(C)c2ccc(-c3ccc(-c4cc(-c5ccccc5)nc(-c5ccccc5)n4)cc3)cc2Oc2c1ccc1c2oc2ccccc21. The first-order valence-corrected chi connectivity index (χ1v) is 15.9. The number of furan rings is 1. The van der Waals surface area contributed by atoms with E-state index in [-0.39, 0.29) is 5.41 Å². The minimum atomic E-state index is -0.252. The van der Waals surface area contributed by atoms with Gasteiger partial charge < -0.3 is 9.15 Å². The summed E-state index contributed by atoms with van der Waals surface area (Å²) in [5.74, 6) is 2.36. The van der Waals surface area contributed by atoms with Crippen molar-refractivity contribution in [1.82, 2.24) is 9.97 Å². The van der Waals surface area contributed by atoms with Crippen molar-refractivity contribution in [3.63, 3.8) is 0 Å². The quantitative estimate of drug-likeness (QED) is 0.200. The topological polar surface area (TPSA) is 48.2 Å². The zero-order valence-electron chi connectivity index (χ0n) is 26.1. The van der Waals surface area contributed by atoms with Crippen molar-refractivity contribution in [2.45, 2.75) is 19.3 Å². The number of rotatable bonds is 4. The van der Waals surface area contributed by atoms with Gasteiger partial charge in [-0.2, -0.15) is 0 Å². The molecule has 0 N–H and O–H groups in total. The summed E-state index contributed by atoms with van der Waals surface area (Å²) in [5.41, 5.74) is 10.7. The second-order valence-electron chi connectivity index (χ2n) is 12.6. The van der Waals surface area contributed by atoms with E-state index in [2.05, 4.69) is 92.7 Å². The molecule has 0 spiro atoms. The van der Waals surface area contributed by atoms with Crippen molar-refractivity contribution in [2.24, 2.45) is 0 Å². The standard InChI is InChI=1S/C43H30N2O2/c1-43(2)34-23-21-31(25-39(34)47-41-35(43)24-22-33-32-15-9-10-16-38(32)46-40(33)41)27-17-19-29(20-18-27)37-26-36(28-11-5-3-6-12-28)44-42(45-37)30-13-7-4-8-14-30/h3-26H,1-2H3. The van der Waals surface area contributed by atoms with Crippen molar-refractivity contribution in [2.75, 3.05) is 0 Å². The number of aromatic nitrogens is 2. The lowest BCUT2D eigenvalue weighted by Gasteiger charge is -2.34. The zero-order valence-corrected chi connectivity index (χ0v) is 26.1. The van der Waals surface area contributed by atoms with Gasteiger partial charge >= 0.3 is 0 Å². The summed E-state index contributed by atoms with van der Waals surface area (Å²) in [6.07, 6.45) is 0. The number of para-hydroxylation sites is 1. The highest BCUT2D eigenvalue weighted by molar-refractivity contribution is 6.07. The van der Waals surface area contributed by atoms with E-state index in [0.29, 0.717) is 5.82 Å². The first kappa shape index (κ1) is 27.3. The van der Waals surface area contributed by atoms with Crippen LogP contribution in [0.25, 0.3) is 67.0 Å². The molecular formula is C43H30N2O2. The fourth-order valence-electron chi connectivity index (χ4n) is 6.82. The molecule has 1 aliphatic rings. The summed E-state index contributed by atoms with van der Waals surface area (Å²) in [4.78, 5) is 9.93. The van der Waals surface area contributed by atoms with Crippen molar-refractivity contribution in [3.05, 3.63) is 157 Å². The van der Waals surface area contributed by atoms with Gasteiger partial charge in [0.25, 0.3) is 0 Å². The fourth-order valence-corrected chi connectivity index (χ4v) is 6.82. The molecule has 4 heteroatoms. The maximum atomic E-state index is 6.71. The van der Waals surface area contributed by atoms with Crippen LogP contribution in [0.4, 0.5) is 0 Å². The lowest BCUT2D eigenvalue weighted by atomic mass is 9.75. The van der Waals surface area contributed by atoms with Gasteiger partial charge in [0.15, 0.2) is 17.2 Å². The third-order valence-corrected chi connectivity index (χ3v) is 9.38. The molecule has 0 fully saturated rings. The van der Waals surface area contributed by atoms with E-state index in [0.717, 1.165) is 83.8 Å². The predicted octanol–water partition coefficient (Wildman–Crippen LogP) is 11.5. The van der Waals surface area contributed by atoms with Crippen molar-refractivity contribution in [3.8, 4) is 56.5 Å². The van der Waals surface area contributed by atoms with Crippen LogP contribution in [0.15, 0.2) is 150 Å². The average molecular weight is 607 g/mol. The third-order valence-electron chi connectivity index (χ3n) is 9.38. The van der Waals surface area contributed by atoms with Gasteiger partial charge in [-0.15, -0.1) is 0 Å². The number of ether oxygens (including phenoxy) is 1. The van der Waals surface area contributed by atoms with Crippen LogP contribution >= 0.6 is 0 Å². The molecule has 0 saturated carbocycles. The monoisotopic (exact) mass is 606 g/mol. The van der Waals surface area contributed by atoms with Crippen molar-refractivity contribution >= 4 is 21.9 Å². The summed E-state index contributed by atoms with van der Waals surface area (Å²) in [5, 5.41) is 2.17. The van der Waals surface area contributed by atoms with E-state index in [1.165, 1.54) is 0 Å². The molecule has 4 nitrogen and oxygen atoms in total. The van der Waals surface area contributed by atoms with Crippen LogP contribution in [0.3, 0.4) is 0 Å². The van der Waals surface area contributed by atoms with Gasteiger partial charge in [0.1, 0.15) is 11.3 Å². The van der Waals surface area contributed by atoms with Gasteiger partial charge in [-0.1, -0.05) is 135 Å². The normalized spacial score (nSPS) is 13.2. The maximum absolute atomic E-state index is 6.71. The highest BCUT2D eigenvalue weighted by Gasteiger charge is 2.36. The van der Waals surface area contributed by atoms with E-state index < -0.39 is 0 Å². The Bertz CT molecular complexity index is 2390. The number of fused-ring (bicyclic) bond motifs is 6. The molecule has 1 aliphatic heterocycles. The molecule has 0 amide bonds. The smallest absolute Gasteiger partial charge is 0.178 e. The minimum absolute atomic E-state index is 0.252. The Kier molecular flexibility index (Phi) is 6.12. The van der Waals surface area contributed by atoms with E-state index in [1.54, 1.807) is 0 Å². The molecule has 2 aromatic heterocycles. The molecule has 0 atom stereocenters. The second kappa shape index (κ2) is 10.5. The third kappa shape index (κ3) is 4.52. The van der Waals surface area contributed by atoms with Crippen LogP contribution in [0.2, 0.25) is 0 Å². The van der Waals surface area contributed by atoms with Crippen LogP contribution < -0.4 is 4.74 Å². The largest absolute Gasteiger partial charge is 0.453 e. The Hall–Kier alpha value is -6.00. The summed E-state index contributed by atoms with van der Waals surface area (Å²) >= 11 is 0. The van der Waals surface area contributed by atoms with Gasteiger partial charge in [-0.3, -0.25) is 0 Å². The number of benzene rings is 6. The number of hydrogen-bond acceptors (Lipinski definition) is 4. The molecule has 47 heavy (non-hydrogen) atoms. The molecule has 8 aromatic rings. The molecule has 6 aromatic carbocycles. The van der Waals surface area contributed by atoms with Crippen LogP contribution in [0, 0.1) is 0 Å². The number of nitrogens with zero attached hydrogens (tertiary/aromatic N) is 2. The molecule has 0 unspecified atom stereocenters. The Balaban J connectivity index is 1.09. The molecule has 0 aliphatic carbocycles. The van der Waals surface area contributed by atoms with Gasteiger partial charge in [-0.25, -0.2) is 9.97 Å². The molecule has 9 rings (SSSR count). The van der Waals surface area contributed by atoms with E-state index in [9.17, 15) is 0 Å². The van der Waals surface area contributed by atoms with Crippen LogP contribution in [0.5, 0.6) is 11.5 Å². The van der Waals surface area contributed by atoms with Crippen LogP contribution in [-0.2, 0) is 5.41 Å². The molecule has 0 radical (unpaired) electrons. The summed E-state index contributed by atoms with van der Waals surface area (Å²) < 4.78 is 13.1. The van der Waals surface area contributed by atoms with E-state index in [4.69, 9.17) is 19.1 Å². The lowest BCUT2D eigenvalue weighted by molar-refractivity contribution is 0.415. The first-order chi connectivity index (χ1) is 23.0. The maximum Gasteiger partial charge on any atom is 0.178 e.